The van der Waals surface area contributed by atoms with Gasteiger partial charge in [-0.3, -0.25) is 4.79 Å². The Labute approximate surface area is 136 Å². The number of fused-ring (bicyclic) bond motifs is 1. The van der Waals surface area contributed by atoms with E-state index in [1.165, 1.54) is 0 Å². The van der Waals surface area contributed by atoms with Crippen molar-refractivity contribution in [1.29, 1.82) is 0 Å². The molecule has 0 spiro atoms. The van der Waals surface area contributed by atoms with Gasteiger partial charge in [-0.1, -0.05) is 6.92 Å². The lowest BCUT2D eigenvalue weighted by atomic mass is 10.1. The highest BCUT2D eigenvalue weighted by Crippen LogP contribution is 2.31. The van der Waals surface area contributed by atoms with E-state index in [0.29, 0.717) is 26.2 Å². The Morgan fingerprint density at radius 2 is 2.17 bits per heavy atom. The lowest BCUT2D eigenvalue weighted by molar-refractivity contribution is -0.117. The highest BCUT2D eigenvalue weighted by atomic mass is 16.5. The summed E-state index contributed by atoms with van der Waals surface area (Å²) in [5.74, 6) is 1.03. The lowest BCUT2D eigenvalue weighted by Gasteiger charge is -2.20. The molecule has 124 valence electrons. The highest BCUT2D eigenvalue weighted by molar-refractivity contribution is 5.94. The first kappa shape index (κ1) is 15.6. The minimum Gasteiger partial charge on any atom is -0.491 e. The van der Waals surface area contributed by atoms with Gasteiger partial charge in [-0.05, 0) is 37.5 Å². The van der Waals surface area contributed by atoms with Crippen LogP contribution in [-0.2, 0) is 11.3 Å². The van der Waals surface area contributed by atoms with Gasteiger partial charge in [0, 0.05) is 23.7 Å². The summed E-state index contributed by atoms with van der Waals surface area (Å²) in [5.41, 5.74) is 1.68. The summed E-state index contributed by atoms with van der Waals surface area (Å²) >= 11 is 0. The van der Waals surface area contributed by atoms with E-state index in [2.05, 4.69) is 10.6 Å². The number of ether oxygens (including phenoxy) is 1. The van der Waals surface area contributed by atoms with Crippen LogP contribution < -0.4 is 15.4 Å². The van der Waals surface area contributed by atoms with E-state index in [9.17, 15) is 9.59 Å². The Morgan fingerprint density at radius 1 is 1.35 bits per heavy atom. The number of urea groups is 1. The lowest BCUT2D eigenvalue weighted by Crippen LogP contribution is -2.40. The van der Waals surface area contributed by atoms with Gasteiger partial charge in [0.1, 0.15) is 12.4 Å². The fourth-order valence-electron chi connectivity index (χ4n) is 2.58. The Balaban J connectivity index is 1.70. The molecule has 1 aliphatic carbocycles. The molecule has 0 aromatic heterocycles. The van der Waals surface area contributed by atoms with E-state index in [-0.39, 0.29) is 17.9 Å². The van der Waals surface area contributed by atoms with Gasteiger partial charge in [-0.2, -0.15) is 0 Å². The molecule has 0 radical (unpaired) electrons. The zero-order valence-electron chi connectivity index (χ0n) is 13.4. The van der Waals surface area contributed by atoms with Gasteiger partial charge in [0.25, 0.3) is 0 Å². The van der Waals surface area contributed by atoms with E-state index < -0.39 is 0 Å². The Hall–Kier alpha value is -2.24. The smallest absolute Gasteiger partial charge is 0.317 e. The normalized spacial score (nSPS) is 16.8. The molecule has 23 heavy (non-hydrogen) atoms. The average Bonchev–Trinajstić information content (AvgIpc) is 3.38. The molecular weight excluding hydrogens is 294 g/mol. The second kappa shape index (κ2) is 6.89. The van der Waals surface area contributed by atoms with Crippen molar-refractivity contribution in [3.05, 3.63) is 23.8 Å². The topological polar surface area (TPSA) is 70.7 Å². The molecule has 1 heterocycles. The molecular formula is C17H23N3O3. The van der Waals surface area contributed by atoms with Gasteiger partial charge in [0.05, 0.1) is 13.1 Å². The molecule has 1 aromatic rings. The third-order valence-electron chi connectivity index (χ3n) is 4.07. The van der Waals surface area contributed by atoms with Crippen molar-refractivity contribution in [3.63, 3.8) is 0 Å². The maximum atomic E-state index is 12.2. The van der Waals surface area contributed by atoms with Crippen LogP contribution in [0.1, 0.15) is 31.7 Å². The second-order valence-corrected chi connectivity index (χ2v) is 6.09. The van der Waals surface area contributed by atoms with Crippen molar-refractivity contribution >= 4 is 17.6 Å². The molecule has 1 saturated carbocycles. The van der Waals surface area contributed by atoms with E-state index in [1.54, 1.807) is 4.90 Å². The van der Waals surface area contributed by atoms with Gasteiger partial charge in [0.15, 0.2) is 0 Å². The predicted octanol–water partition coefficient (Wildman–Crippen LogP) is 2.35. The highest BCUT2D eigenvalue weighted by Gasteiger charge is 2.29. The van der Waals surface area contributed by atoms with Crippen LogP contribution in [0.3, 0.4) is 0 Å². The third-order valence-corrected chi connectivity index (χ3v) is 4.07. The van der Waals surface area contributed by atoms with Gasteiger partial charge in [-0.25, -0.2) is 4.79 Å². The zero-order valence-corrected chi connectivity index (χ0v) is 13.4. The van der Waals surface area contributed by atoms with Crippen molar-refractivity contribution in [2.24, 2.45) is 5.92 Å². The molecule has 0 atom stereocenters. The number of nitrogens with zero attached hydrogens (tertiary/aromatic N) is 1. The number of nitrogens with one attached hydrogen (secondary N) is 2. The number of hydrogen-bond acceptors (Lipinski definition) is 3. The Bertz CT molecular complexity index is 599. The first-order valence-corrected chi connectivity index (χ1v) is 8.26. The number of carbonyl (C=O) groups is 2. The summed E-state index contributed by atoms with van der Waals surface area (Å²) in [6.07, 6.45) is 2.86. The number of rotatable bonds is 4. The van der Waals surface area contributed by atoms with Gasteiger partial charge in [-0.15, -0.1) is 0 Å². The number of anilines is 1. The summed E-state index contributed by atoms with van der Waals surface area (Å²) in [7, 11) is 0. The van der Waals surface area contributed by atoms with Gasteiger partial charge in [0.2, 0.25) is 5.91 Å². The van der Waals surface area contributed by atoms with Crippen LogP contribution >= 0.6 is 0 Å². The van der Waals surface area contributed by atoms with E-state index in [1.807, 2.05) is 25.1 Å². The molecule has 1 aromatic carbocycles. The van der Waals surface area contributed by atoms with Crippen molar-refractivity contribution in [1.82, 2.24) is 10.2 Å². The first-order chi connectivity index (χ1) is 11.2. The fraction of sp³-hybridized carbons (Fsp3) is 0.529. The standard InChI is InChI=1S/C17H23N3O3/c1-2-7-18-17(22)20-8-9-23-15-6-5-14(10-13(15)11-20)19-16(21)12-3-4-12/h5-6,10,12H,2-4,7-9,11H2,1H3,(H,18,22)(H,19,21). The SMILES string of the molecule is CCCNC(=O)N1CCOc2ccc(NC(=O)C3CC3)cc2C1. The van der Waals surface area contributed by atoms with E-state index in [4.69, 9.17) is 4.74 Å². The number of hydrogen-bond donors (Lipinski definition) is 2. The minimum absolute atomic E-state index is 0.0734. The molecule has 0 bridgehead atoms. The van der Waals surface area contributed by atoms with Crippen LogP contribution in [0.2, 0.25) is 0 Å². The molecule has 2 N–H and O–H groups in total. The van der Waals surface area contributed by atoms with Crippen LogP contribution in [0.4, 0.5) is 10.5 Å². The van der Waals surface area contributed by atoms with Crippen molar-refractivity contribution in [2.75, 3.05) is 25.0 Å². The van der Waals surface area contributed by atoms with Crippen molar-refractivity contribution in [3.8, 4) is 5.75 Å². The summed E-state index contributed by atoms with van der Waals surface area (Å²) < 4.78 is 5.72. The molecule has 3 amide bonds. The van der Waals surface area contributed by atoms with Crippen LogP contribution in [0, 0.1) is 5.92 Å². The molecule has 0 unspecified atom stereocenters. The molecule has 1 aliphatic heterocycles. The summed E-state index contributed by atoms with van der Waals surface area (Å²) in [5, 5.41) is 5.83. The third kappa shape index (κ3) is 3.94. The number of benzene rings is 1. The zero-order chi connectivity index (χ0) is 16.2. The summed E-state index contributed by atoms with van der Waals surface area (Å²) in [6, 6.07) is 5.55. The average molecular weight is 317 g/mol. The Morgan fingerprint density at radius 3 is 2.91 bits per heavy atom. The maximum Gasteiger partial charge on any atom is 0.317 e. The monoisotopic (exact) mass is 317 g/mol. The van der Waals surface area contributed by atoms with Crippen LogP contribution in [0.25, 0.3) is 0 Å². The minimum atomic E-state index is -0.0734. The molecule has 6 heteroatoms. The fourth-order valence-corrected chi connectivity index (χ4v) is 2.58. The second-order valence-electron chi connectivity index (χ2n) is 6.09. The first-order valence-electron chi connectivity index (χ1n) is 8.26. The van der Waals surface area contributed by atoms with Gasteiger partial charge < -0.3 is 20.3 Å². The largest absolute Gasteiger partial charge is 0.491 e. The maximum absolute atomic E-state index is 12.2. The van der Waals surface area contributed by atoms with Crippen LogP contribution in [0.15, 0.2) is 18.2 Å². The summed E-state index contributed by atoms with van der Waals surface area (Å²) in [6.45, 7) is 4.20. The van der Waals surface area contributed by atoms with Crippen LogP contribution in [0.5, 0.6) is 5.75 Å². The molecule has 1 fully saturated rings. The van der Waals surface area contributed by atoms with Crippen molar-refractivity contribution < 1.29 is 14.3 Å². The predicted molar refractivity (Wildman–Crippen MR) is 87.4 cm³/mol. The van der Waals surface area contributed by atoms with E-state index in [0.717, 1.165) is 36.3 Å². The Kier molecular flexibility index (Phi) is 4.69. The summed E-state index contributed by atoms with van der Waals surface area (Å²) in [4.78, 5) is 25.8. The molecule has 3 rings (SSSR count). The molecule has 2 aliphatic rings. The molecule has 6 nitrogen and oxygen atoms in total. The quantitative estimate of drug-likeness (QED) is 0.895. The number of carbonyl (C=O) groups excluding carboxylic acids is 2. The van der Waals surface area contributed by atoms with Crippen molar-refractivity contribution in [2.45, 2.75) is 32.7 Å². The number of amides is 3. The van der Waals surface area contributed by atoms with Crippen LogP contribution in [-0.4, -0.2) is 36.5 Å². The van der Waals surface area contributed by atoms with Gasteiger partial charge >= 0.3 is 6.03 Å². The van der Waals surface area contributed by atoms with E-state index >= 15 is 0 Å². The molecule has 0 saturated heterocycles.